The van der Waals surface area contributed by atoms with Gasteiger partial charge in [-0.25, -0.2) is 0 Å². The van der Waals surface area contributed by atoms with Crippen LogP contribution in [0.3, 0.4) is 0 Å². The summed E-state index contributed by atoms with van der Waals surface area (Å²) in [4.78, 5) is 0. The van der Waals surface area contributed by atoms with Gasteiger partial charge < -0.3 is 0 Å². The number of rotatable bonds is 3. The van der Waals surface area contributed by atoms with Crippen molar-refractivity contribution in [1.29, 1.82) is 0 Å². The summed E-state index contributed by atoms with van der Waals surface area (Å²) in [6, 6.07) is 67.6. The van der Waals surface area contributed by atoms with Gasteiger partial charge in [0.15, 0.2) is 0 Å². The zero-order chi connectivity index (χ0) is 35.3. The van der Waals surface area contributed by atoms with Gasteiger partial charge in [-0.05, 0) is 88.6 Å². The predicted molar refractivity (Wildman–Crippen MR) is 239 cm³/mol. The Morgan fingerprint density at radius 3 is 1.54 bits per heavy atom. The van der Waals surface area contributed by atoms with Crippen molar-refractivity contribution >= 4 is 106 Å². The van der Waals surface area contributed by atoms with Gasteiger partial charge in [0.05, 0.1) is 0 Å². The Balaban J connectivity index is 1.10. The van der Waals surface area contributed by atoms with E-state index in [2.05, 4.69) is 182 Å². The topological polar surface area (TPSA) is 0 Å². The van der Waals surface area contributed by atoms with Crippen molar-refractivity contribution in [2.45, 2.75) is 0 Å². The van der Waals surface area contributed by atoms with Gasteiger partial charge in [-0.15, -0.1) is 22.7 Å². The van der Waals surface area contributed by atoms with E-state index in [0.717, 1.165) is 0 Å². The summed E-state index contributed by atoms with van der Waals surface area (Å²) in [5.74, 6) is 0. The van der Waals surface area contributed by atoms with Gasteiger partial charge in [-0.2, -0.15) is 0 Å². The predicted octanol–water partition coefficient (Wildman–Crippen LogP) is 16.0. The number of benzene rings is 10. The summed E-state index contributed by atoms with van der Waals surface area (Å²) in [7, 11) is 0. The summed E-state index contributed by atoms with van der Waals surface area (Å²) in [6.07, 6.45) is 0. The molecular weight excluding hydrogens is 689 g/mol. The molecule has 0 radical (unpaired) electrons. The molecule has 2 aromatic heterocycles. The minimum Gasteiger partial charge on any atom is -0.134 e. The zero-order valence-corrected chi connectivity index (χ0v) is 30.8. The SMILES string of the molecule is c1ccc2c(-c3c4ccccc4c(-c4ccc(-c5cc6sc7c8ccccc8ccc7c6c6sc7ccccc7c56)cc4)c4ccccc34)cccc2c1. The number of fused-ring (bicyclic) bond motifs is 12. The lowest BCUT2D eigenvalue weighted by atomic mass is 9.84. The highest BCUT2D eigenvalue weighted by Crippen LogP contribution is 2.50. The highest BCUT2D eigenvalue weighted by Gasteiger charge is 2.21. The van der Waals surface area contributed by atoms with Crippen LogP contribution in [0.25, 0.3) is 117 Å². The first kappa shape index (κ1) is 30.2. The van der Waals surface area contributed by atoms with E-state index in [-0.39, 0.29) is 0 Å². The molecule has 0 unspecified atom stereocenters. The second kappa shape index (κ2) is 11.6. The smallest absolute Gasteiger partial charge is 0.0454 e. The summed E-state index contributed by atoms with van der Waals surface area (Å²) < 4.78 is 5.44. The van der Waals surface area contributed by atoms with E-state index in [4.69, 9.17) is 0 Å². The van der Waals surface area contributed by atoms with E-state index < -0.39 is 0 Å². The summed E-state index contributed by atoms with van der Waals surface area (Å²) >= 11 is 3.87. The third-order valence-corrected chi connectivity index (χ3v) is 13.8. The average molecular weight is 719 g/mol. The Labute approximate surface area is 319 Å². The van der Waals surface area contributed by atoms with E-state index in [9.17, 15) is 0 Å². The third kappa shape index (κ3) is 4.30. The quantitative estimate of drug-likeness (QED) is 0.160. The Kier molecular flexibility index (Phi) is 6.48. The van der Waals surface area contributed by atoms with Crippen LogP contribution in [-0.4, -0.2) is 0 Å². The van der Waals surface area contributed by atoms with Gasteiger partial charge in [-0.3, -0.25) is 0 Å². The first-order chi connectivity index (χ1) is 26.8. The van der Waals surface area contributed by atoms with Gasteiger partial charge in [0, 0.05) is 40.3 Å². The molecular formula is C52H30S2. The van der Waals surface area contributed by atoms with Gasteiger partial charge >= 0.3 is 0 Å². The minimum absolute atomic E-state index is 1.23. The van der Waals surface area contributed by atoms with Crippen LogP contribution in [0.1, 0.15) is 0 Å². The fraction of sp³-hybridized carbons (Fsp3) is 0. The molecule has 0 N–H and O–H groups in total. The van der Waals surface area contributed by atoms with Crippen molar-refractivity contribution < 1.29 is 0 Å². The monoisotopic (exact) mass is 718 g/mol. The Morgan fingerprint density at radius 2 is 0.815 bits per heavy atom. The molecule has 10 aromatic carbocycles. The largest absolute Gasteiger partial charge is 0.134 e. The number of hydrogen-bond donors (Lipinski definition) is 0. The third-order valence-electron chi connectivity index (χ3n) is 11.4. The van der Waals surface area contributed by atoms with Crippen molar-refractivity contribution in [1.82, 2.24) is 0 Å². The average Bonchev–Trinajstić information content (AvgIpc) is 3.81. The molecule has 0 spiro atoms. The molecule has 2 heterocycles. The van der Waals surface area contributed by atoms with Crippen molar-refractivity contribution in [3.05, 3.63) is 182 Å². The normalized spacial score (nSPS) is 12.1. The van der Waals surface area contributed by atoms with Crippen LogP contribution in [-0.2, 0) is 0 Å². The Morgan fingerprint density at radius 1 is 0.278 bits per heavy atom. The summed E-state index contributed by atoms with van der Waals surface area (Å²) in [6.45, 7) is 0. The molecule has 0 aliphatic carbocycles. The summed E-state index contributed by atoms with van der Waals surface area (Å²) in [5, 5.41) is 15.7. The van der Waals surface area contributed by atoms with Crippen LogP contribution in [0.15, 0.2) is 182 Å². The number of thiophene rings is 2. The van der Waals surface area contributed by atoms with E-state index in [1.807, 2.05) is 22.7 Å². The first-order valence-electron chi connectivity index (χ1n) is 18.5. The molecule has 0 saturated heterocycles. The Hall–Kier alpha value is -6.32. The molecule has 0 nitrogen and oxygen atoms in total. The lowest BCUT2D eigenvalue weighted by Gasteiger charge is -2.19. The van der Waals surface area contributed by atoms with Crippen molar-refractivity contribution in [3.8, 4) is 33.4 Å². The summed E-state index contributed by atoms with van der Waals surface area (Å²) in [5.41, 5.74) is 7.65. The fourth-order valence-electron chi connectivity index (χ4n) is 9.09. The molecule has 0 saturated carbocycles. The molecule has 12 aromatic rings. The molecule has 0 aliphatic rings. The lowest BCUT2D eigenvalue weighted by molar-refractivity contribution is 1.65. The number of hydrogen-bond acceptors (Lipinski definition) is 2. The molecule has 0 amide bonds. The molecule has 0 fully saturated rings. The van der Waals surface area contributed by atoms with E-state index in [0.29, 0.717) is 0 Å². The van der Waals surface area contributed by atoms with Crippen LogP contribution >= 0.6 is 22.7 Å². The van der Waals surface area contributed by atoms with E-state index in [1.165, 1.54) is 117 Å². The molecule has 0 bridgehead atoms. The second-order valence-electron chi connectivity index (χ2n) is 14.3. The van der Waals surface area contributed by atoms with Gasteiger partial charge in [-0.1, -0.05) is 170 Å². The lowest BCUT2D eigenvalue weighted by Crippen LogP contribution is -1.91. The van der Waals surface area contributed by atoms with Crippen LogP contribution in [0.5, 0.6) is 0 Å². The maximum absolute atomic E-state index is 2.47. The van der Waals surface area contributed by atoms with Crippen LogP contribution < -0.4 is 0 Å². The maximum atomic E-state index is 2.47. The van der Waals surface area contributed by atoms with Crippen molar-refractivity contribution in [2.24, 2.45) is 0 Å². The van der Waals surface area contributed by atoms with Crippen molar-refractivity contribution in [3.63, 3.8) is 0 Å². The Bertz CT molecular complexity index is 3430. The molecule has 250 valence electrons. The van der Waals surface area contributed by atoms with Gasteiger partial charge in [0.1, 0.15) is 0 Å². The van der Waals surface area contributed by atoms with Crippen LogP contribution in [0.2, 0.25) is 0 Å². The fourth-order valence-corrected chi connectivity index (χ4v) is 11.7. The standard InChI is InChI=1S/C52H30S2/c1-3-15-35-31(12-1)14-11-22-37(35)48-40-19-7-5-17-38(40)47(39-18-6-8-20-41(39)48)34-26-24-33(25-27-34)44-30-46-50(52-49(44)42-21-9-10-23-45(42)53-52)43-29-28-32-13-2-4-16-36(32)51(43)54-46/h1-30H. The maximum Gasteiger partial charge on any atom is 0.0454 e. The van der Waals surface area contributed by atoms with Gasteiger partial charge in [0.25, 0.3) is 0 Å². The second-order valence-corrected chi connectivity index (χ2v) is 16.4. The molecule has 2 heteroatoms. The molecule has 54 heavy (non-hydrogen) atoms. The molecule has 12 rings (SSSR count). The minimum atomic E-state index is 1.23. The van der Waals surface area contributed by atoms with E-state index >= 15 is 0 Å². The van der Waals surface area contributed by atoms with Gasteiger partial charge in [0.2, 0.25) is 0 Å². The first-order valence-corrected chi connectivity index (χ1v) is 20.1. The molecule has 0 atom stereocenters. The van der Waals surface area contributed by atoms with Crippen molar-refractivity contribution in [2.75, 3.05) is 0 Å². The van der Waals surface area contributed by atoms with E-state index in [1.54, 1.807) is 0 Å². The zero-order valence-electron chi connectivity index (χ0n) is 29.1. The molecule has 0 aliphatic heterocycles. The highest BCUT2D eigenvalue weighted by molar-refractivity contribution is 7.30. The van der Waals surface area contributed by atoms with Crippen LogP contribution in [0, 0.1) is 0 Å². The highest BCUT2D eigenvalue weighted by atomic mass is 32.1. The van der Waals surface area contributed by atoms with Crippen LogP contribution in [0.4, 0.5) is 0 Å².